The van der Waals surface area contributed by atoms with Gasteiger partial charge in [0, 0.05) is 0 Å². The molecule has 0 saturated carbocycles. The summed E-state index contributed by atoms with van der Waals surface area (Å²) in [4.78, 5) is 20.2. The standard InChI is InChI=1S/C49H55NO14/c51-49(37-59-40-35-62-47-20-10-6-16-43(47)57-30-26-53-27-31-58-44-17-7-11-21-48(44)63-36-40)50(64-32-38-12-2-1-3-13-38)22-23-54-39-33-60-45-18-8-4-14-41(45)55-28-24-52-25-29-56-42-15-5-9-19-46(42)61-34-39/h1-21,39-40H,22-37H2. The van der Waals surface area contributed by atoms with E-state index < -0.39 is 18.1 Å². The highest BCUT2D eigenvalue weighted by Crippen LogP contribution is 2.30. The molecule has 2 aliphatic rings. The molecule has 2 aliphatic heterocycles. The zero-order valence-corrected chi connectivity index (χ0v) is 35.8. The molecule has 2 heterocycles. The second-order valence-corrected chi connectivity index (χ2v) is 14.3. The number of carbonyl (C=O) groups is 1. The summed E-state index contributed by atoms with van der Waals surface area (Å²) in [6, 6.07) is 39.1. The summed E-state index contributed by atoms with van der Waals surface area (Å²) in [5.74, 6) is 3.94. The summed E-state index contributed by atoms with van der Waals surface area (Å²) in [5, 5.41) is 1.25. The molecule has 340 valence electrons. The van der Waals surface area contributed by atoms with Crippen molar-refractivity contribution < 1.29 is 66.5 Å². The number of amides is 1. The molecule has 0 aromatic heterocycles. The molecule has 0 fully saturated rings. The number of benzene rings is 5. The van der Waals surface area contributed by atoms with Crippen LogP contribution >= 0.6 is 0 Å². The number of nitrogens with zero attached hydrogens (tertiary/aromatic N) is 1. The summed E-state index contributed by atoms with van der Waals surface area (Å²) < 4.78 is 72.8. The summed E-state index contributed by atoms with van der Waals surface area (Å²) >= 11 is 0. The number of para-hydroxylation sites is 8. The Kier molecular flexibility index (Phi) is 18.4. The first-order valence-corrected chi connectivity index (χ1v) is 21.4. The minimum absolute atomic E-state index is 0.0406. The molecule has 7 rings (SSSR count). The van der Waals surface area contributed by atoms with Crippen LogP contribution in [-0.2, 0) is 35.2 Å². The molecule has 0 N–H and O–H groups in total. The minimum atomic E-state index is -0.701. The Labute approximate surface area is 373 Å². The number of hydroxylamine groups is 2. The van der Waals surface area contributed by atoms with Crippen LogP contribution in [0.3, 0.4) is 0 Å². The third-order valence-electron chi connectivity index (χ3n) is 9.63. The number of hydrogen-bond acceptors (Lipinski definition) is 14. The number of ether oxygens (including phenoxy) is 12. The van der Waals surface area contributed by atoms with E-state index in [-0.39, 0.29) is 52.8 Å². The van der Waals surface area contributed by atoms with Crippen molar-refractivity contribution >= 4 is 5.91 Å². The van der Waals surface area contributed by atoms with Crippen molar-refractivity contribution in [3.8, 4) is 46.0 Å². The van der Waals surface area contributed by atoms with Gasteiger partial charge < -0.3 is 56.8 Å². The van der Waals surface area contributed by atoms with Crippen molar-refractivity contribution in [2.24, 2.45) is 0 Å². The predicted molar refractivity (Wildman–Crippen MR) is 234 cm³/mol. The van der Waals surface area contributed by atoms with Crippen molar-refractivity contribution in [1.29, 1.82) is 0 Å². The van der Waals surface area contributed by atoms with Crippen LogP contribution in [0.15, 0.2) is 127 Å². The van der Waals surface area contributed by atoms with Crippen LogP contribution in [0, 0.1) is 0 Å². The molecule has 15 nitrogen and oxygen atoms in total. The van der Waals surface area contributed by atoms with Gasteiger partial charge in [-0.15, -0.1) is 0 Å². The Balaban J connectivity index is 1.03. The Morgan fingerprint density at radius 3 is 1.17 bits per heavy atom. The maximum Gasteiger partial charge on any atom is 0.272 e. The third kappa shape index (κ3) is 15.0. The number of fused-ring (bicyclic) bond motifs is 4. The summed E-state index contributed by atoms with van der Waals surface area (Å²) in [7, 11) is 0. The van der Waals surface area contributed by atoms with Crippen LogP contribution in [0.2, 0.25) is 0 Å². The molecule has 1 amide bonds. The lowest BCUT2D eigenvalue weighted by Crippen LogP contribution is -2.40. The summed E-state index contributed by atoms with van der Waals surface area (Å²) in [6.45, 7) is 3.00. The van der Waals surface area contributed by atoms with Crippen LogP contribution in [0.4, 0.5) is 0 Å². The number of hydrogen-bond donors (Lipinski definition) is 0. The monoisotopic (exact) mass is 881 g/mol. The topological polar surface area (TPSA) is 140 Å². The van der Waals surface area contributed by atoms with E-state index in [0.717, 1.165) is 5.56 Å². The lowest BCUT2D eigenvalue weighted by atomic mass is 10.2. The molecular formula is C49H55NO14. The van der Waals surface area contributed by atoms with E-state index in [9.17, 15) is 4.79 Å². The number of rotatable bonds is 10. The average Bonchev–Trinajstić information content (AvgIpc) is 3.33. The highest BCUT2D eigenvalue weighted by atomic mass is 16.7. The van der Waals surface area contributed by atoms with Crippen LogP contribution in [0.1, 0.15) is 5.56 Å². The molecular weight excluding hydrogens is 827 g/mol. The fourth-order valence-corrected chi connectivity index (χ4v) is 6.37. The van der Waals surface area contributed by atoms with Gasteiger partial charge >= 0.3 is 0 Å². The molecule has 0 bridgehead atoms. The highest BCUT2D eigenvalue weighted by Gasteiger charge is 2.23. The van der Waals surface area contributed by atoms with E-state index in [1.807, 2.05) is 127 Å². The van der Waals surface area contributed by atoms with Gasteiger partial charge in [-0.3, -0.25) is 9.63 Å². The quantitative estimate of drug-likeness (QED) is 0.139. The Hall–Kier alpha value is -6.23. The number of carbonyl (C=O) groups excluding carboxylic acids is 1. The molecule has 0 aliphatic carbocycles. The average molecular weight is 882 g/mol. The molecule has 0 spiro atoms. The van der Waals surface area contributed by atoms with Gasteiger partial charge in [-0.2, -0.15) is 0 Å². The largest absolute Gasteiger partial charge is 0.487 e. The van der Waals surface area contributed by atoms with Crippen molar-refractivity contribution in [2.45, 2.75) is 18.8 Å². The highest BCUT2D eigenvalue weighted by molar-refractivity contribution is 5.76. The van der Waals surface area contributed by atoms with Crippen LogP contribution in [0.5, 0.6) is 46.0 Å². The van der Waals surface area contributed by atoms with Crippen molar-refractivity contribution in [3.63, 3.8) is 0 Å². The van der Waals surface area contributed by atoms with Gasteiger partial charge in [0.1, 0.15) is 78.3 Å². The zero-order chi connectivity index (χ0) is 43.9. The van der Waals surface area contributed by atoms with Gasteiger partial charge in [-0.1, -0.05) is 78.9 Å². The predicted octanol–water partition coefficient (Wildman–Crippen LogP) is 6.61. The Morgan fingerprint density at radius 2 is 0.781 bits per heavy atom. The van der Waals surface area contributed by atoms with E-state index in [1.54, 1.807) is 0 Å². The zero-order valence-electron chi connectivity index (χ0n) is 35.8. The van der Waals surface area contributed by atoms with Crippen molar-refractivity contribution in [3.05, 3.63) is 133 Å². The normalized spacial score (nSPS) is 16.0. The Bertz CT molecular complexity index is 2010. The SMILES string of the molecule is O=C(COC1COc2ccccc2OCCOCCOc2ccccc2OC1)N(CCOC1COc2ccccc2OCCOCCOc2ccccc2OC1)OCc1ccccc1. The van der Waals surface area contributed by atoms with Crippen LogP contribution < -0.4 is 37.9 Å². The first-order valence-electron chi connectivity index (χ1n) is 21.4. The second kappa shape index (κ2) is 25.8. The van der Waals surface area contributed by atoms with Gasteiger partial charge in [-0.25, -0.2) is 5.06 Å². The maximum absolute atomic E-state index is 14.1. The van der Waals surface area contributed by atoms with Crippen LogP contribution in [0.25, 0.3) is 0 Å². The smallest absolute Gasteiger partial charge is 0.272 e. The fraction of sp³-hybridized carbons (Fsp3) is 0.367. The van der Waals surface area contributed by atoms with Gasteiger partial charge in [0.25, 0.3) is 5.91 Å². The molecule has 0 radical (unpaired) electrons. The van der Waals surface area contributed by atoms with Crippen molar-refractivity contribution in [2.75, 3.05) is 99.0 Å². The van der Waals surface area contributed by atoms with E-state index in [0.29, 0.717) is 98.9 Å². The van der Waals surface area contributed by atoms with Gasteiger partial charge in [0.15, 0.2) is 46.0 Å². The second-order valence-electron chi connectivity index (χ2n) is 14.3. The molecule has 5 aromatic carbocycles. The van der Waals surface area contributed by atoms with E-state index in [1.165, 1.54) is 5.06 Å². The molecule has 0 unspecified atom stereocenters. The van der Waals surface area contributed by atoms with E-state index in [4.69, 9.17) is 61.7 Å². The lowest BCUT2D eigenvalue weighted by molar-refractivity contribution is -0.202. The third-order valence-corrected chi connectivity index (χ3v) is 9.63. The summed E-state index contributed by atoms with van der Waals surface area (Å²) in [5.41, 5.74) is 0.877. The maximum atomic E-state index is 14.1. The molecule has 0 atom stereocenters. The van der Waals surface area contributed by atoms with E-state index >= 15 is 0 Å². The molecule has 5 aromatic rings. The lowest BCUT2D eigenvalue weighted by Gasteiger charge is -2.26. The van der Waals surface area contributed by atoms with Gasteiger partial charge in [0.2, 0.25) is 0 Å². The first kappa shape index (κ1) is 45.8. The van der Waals surface area contributed by atoms with E-state index in [2.05, 4.69) is 0 Å². The Morgan fingerprint density at radius 1 is 0.438 bits per heavy atom. The first-order chi connectivity index (χ1) is 31.7. The summed E-state index contributed by atoms with van der Waals surface area (Å²) in [6.07, 6.45) is -1.29. The molecule has 15 heteroatoms. The van der Waals surface area contributed by atoms with Gasteiger partial charge in [-0.05, 0) is 54.1 Å². The van der Waals surface area contributed by atoms with Gasteiger partial charge in [0.05, 0.1) is 39.6 Å². The van der Waals surface area contributed by atoms with Crippen LogP contribution in [-0.4, -0.2) is 122 Å². The molecule has 0 saturated heterocycles. The molecule has 64 heavy (non-hydrogen) atoms. The minimum Gasteiger partial charge on any atom is -0.487 e. The van der Waals surface area contributed by atoms with Crippen molar-refractivity contribution in [1.82, 2.24) is 5.06 Å². The fourth-order valence-electron chi connectivity index (χ4n) is 6.37.